The average molecular weight is 344 g/mol. The maximum atomic E-state index is 13.7. The molecule has 1 aliphatic heterocycles. The van der Waals surface area contributed by atoms with Crippen molar-refractivity contribution in [2.75, 3.05) is 13.1 Å². The highest BCUT2D eigenvalue weighted by Crippen LogP contribution is 2.24. The fourth-order valence-corrected chi connectivity index (χ4v) is 3.44. The Labute approximate surface area is 146 Å². The number of halogens is 2. The van der Waals surface area contributed by atoms with E-state index in [4.69, 9.17) is 0 Å². The van der Waals surface area contributed by atoms with Crippen molar-refractivity contribution in [1.82, 2.24) is 9.88 Å². The zero-order chi connectivity index (χ0) is 17.6. The second kappa shape index (κ2) is 8.19. The highest BCUT2D eigenvalue weighted by atomic mass is 19.1. The Morgan fingerprint density at radius 3 is 2.72 bits per heavy atom. The molecule has 3 rings (SSSR count). The van der Waals surface area contributed by atoms with Crippen LogP contribution in [0.25, 0.3) is 0 Å². The summed E-state index contributed by atoms with van der Waals surface area (Å²) in [5, 5.41) is 0. The standard InChI is InChI=1S/C20H22F2N2O/c21-18-6-1-7-19(22)17(18)9-8-15-5-3-11-24(14-15)20(25)12-16-4-2-10-23-13-16/h1-2,4,6-7,10,13,15H,3,5,8-9,11-12,14H2. The fourth-order valence-electron chi connectivity index (χ4n) is 3.44. The number of amides is 1. The lowest BCUT2D eigenvalue weighted by atomic mass is 9.91. The molecule has 0 spiro atoms. The molecular weight excluding hydrogens is 322 g/mol. The van der Waals surface area contributed by atoms with Crippen LogP contribution >= 0.6 is 0 Å². The van der Waals surface area contributed by atoms with Crippen LogP contribution in [0, 0.1) is 17.6 Å². The number of rotatable bonds is 5. The number of likely N-dealkylation sites (tertiary alicyclic amines) is 1. The first-order valence-electron chi connectivity index (χ1n) is 8.73. The maximum Gasteiger partial charge on any atom is 0.227 e. The minimum atomic E-state index is -0.486. The third-order valence-corrected chi connectivity index (χ3v) is 4.81. The summed E-state index contributed by atoms with van der Waals surface area (Å²) in [6.07, 6.45) is 6.73. The zero-order valence-electron chi connectivity index (χ0n) is 14.1. The third-order valence-electron chi connectivity index (χ3n) is 4.81. The predicted octanol–water partition coefficient (Wildman–Crippen LogP) is 3.77. The van der Waals surface area contributed by atoms with Crippen molar-refractivity contribution < 1.29 is 13.6 Å². The number of piperidine rings is 1. The van der Waals surface area contributed by atoms with Crippen molar-refractivity contribution >= 4 is 5.91 Å². The van der Waals surface area contributed by atoms with Crippen LogP contribution in [-0.2, 0) is 17.6 Å². The first-order chi connectivity index (χ1) is 12.1. The number of hydrogen-bond acceptors (Lipinski definition) is 2. The van der Waals surface area contributed by atoms with Gasteiger partial charge in [-0.25, -0.2) is 8.78 Å². The van der Waals surface area contributed by atoms with E-state index in [1.807, 2.05) is 17.0 Å². The van der Waals surface area contributed by atoms with Gasteiger partial charge in [-0.2, -0.15) is 0 Å². The molecule has 1 aliphatic rings. The molecule has 2 heterocycles. The molecule has 2 aromatic rings. The summed E-state index contributed by atoms with van der Waals surface area (Å²) in [6, 6.07) is 7.69. The van der Waals surface area contributed by atoms with Gasteiger partial charge in [-0.3, -0.25) is 9.78 Å². The second-order valence-corrected chi connectivity index (χ2v) is 6.62. The molecule has 1 fully saturated rings. The van der Waals surface area contributed by atoms with Crippen LogP contribution in [0.2, 0.25) is 0 Å². The van der Waals surface area contributed by atoms with E-state index in [1.54, 1.807) is 12.4 Å². The molecule has 5 heteroatoms. The minimum Gasteiger partial charge on any atom is -0.342 e. The SMILES string of the molecule is O=C(Cc1cccnc1)N1CCCC(CCc2c(F)cccc2F)C1. The summed E-state index contributed by atoms with van der Waals surface area (Å²) < 4.78 is 27.5. The highest BCUT2D eigenvalue weighted by molar-refractivity contribution is 5.78. The number of carbonyl (C=O) groups excluding carboxylic acids is 1. The van der Waals surface area contributed by atoms with E-state index in [-0.39, 0.29) is 17.4 Å². The van der Waals surface area contributed by atoms with Crippen molar-refractivity contribution in [1.29, 1.82) is 0 Å². The lowest BCUT2D eigenvalue weighted by Gasteiger charge is -2.33. The highest BCUT2D eigenvalue weighted by Gasteiger charge is 2.24. The lowest BCUT2D eigenvalue weighted by Crippen LogP contribution is -2.40. The molecule has 1 amide bonds. The number of pyridine rings is 1. The molecule has 3 nitrogen and oxygen atoms in total. The normalized spacial score (nSPS) is 17.5. The minimum absolute atomic E-state index is 0.0924. The summed E-state index contributed by atoms with van der Waals surface area (Å²) >= 11 is 0. The van der Waals surface area contributed by atoms with Gasteiger partial charge in [0.2, 0.25) is 5.91 Å². The molecule has 0 N–H and O–H groups in total. The van der Waals surface area contributed by atoms with Gasteiger partial charge >= 0.3 is 0 Å². The topological polar surface area (TPSA) is 33.2 Å². The molecular formula is C20H22F2N2O. The zero-order valence-corrected chi connectivity index (χ0v) is 14.1. The molecule has 0 saturated carbocycles. The largest absolute Gasteiger partial charge is 0.342 e. The smallest absolute Gasteiger partial charge is 0.227 e. The average Bonchev–Trinajstić information content (AvgIpc) is 2.62. The predicted molar refractivity (Wildman–Crippen MR) is 91.9 cm³/mol. The van der Waals surface area contributed by atoms with E-state index < -0.39 is 11.6 Å². The Bertz CT molecular complexity index is 701. The molecule has 1 saturated heterocycles. The Morgan fingerprint density at radius 2 is 2.00 bits per heavy atom. The Kier molecular flexibility index (Phi) is 5.74. The van der Waals surface area contributed by atoms with Gasteiger partial charge < -0.3 is 4.90 Å². The Morgan fingerprint density at radius 1 is 1.20 bits per heavy atom. The van der Waals surface area contributed by atoms with E-state index in [0.29, 0.717) is 25.8 Å². The molecule has 0 bridgehead atoms. The molecule has 1 unspecified atom stereocenters. The third kappa shape index (κ3) is 4.62. The van der Waals surface area contributed by atoms with Gasteiger partial charge in [0, 0.05) is 31.0 Å². The number of carbonyl (C=O) groups is 1. The van der Waals surface area contributed by atoms with Crippen molar-refractivity contribution in [3.05, 3.63) is 65.5 Å². The van der Waals surface area contributed by atoms with Crippen molar-refractivity contribution in [2.45, 2.75) is 32.1 Å². The number of aromatic nitrogens is 1. The van der Waals surface area contributed by atoms with Gasteiger partial charge in [0.05, 0.1) is 6.42 Å². The van der Waals surface area contributed by atoms with Crippen LogP contribution in [0.15, 0.2) is 42.7 Å². The molecule has 1 atom stereocenters. The molecule has 0 radical (unpaired) electrons. The summed E-state index contributed by atoms with van der Waals surface area (Å²) in [5.74, 6) is -0.596. The Hall–Kier alpha value is -2.30. The van der Waals surface area contributed by atoms with Crippen molar-refractivity contribution in [2.24, 2.45) is 5.92 Å². The number of nitrogens with zero attached hydrogens (tertiary/aromatic N) is 2. The van der Waals surface area contributed by atoms with Crippen LogP contribution in [0.3, 0.4) is 0 Å². The van der Waals surface area contributed by atoms with Crippen LogP contribution in [0.4, 0.5) is 8.78 Å². The second-order valence-electron chi connectivity index (χ2n) is 6.62. The van der Waals surface area contributed by atoms with Crippen LogP contribution < -0.4 is 0 Å². The van der Waals surface area contributed by atoms with Crippen molar-refractivity contribution in [3.8, 4) is 0 Å². The monoisotopic (exact) mass is 344 g/mol. The molecule has 132 valence electrons. The van der Waals surface area contributed by atoms with Crippen molar-refractivity contribution in [3.63, 3.8) is 0 Å². The summed E-state index contributed by atoms with van der Waals surface area (Å²) in [6.45, 7) is 1.42. The van der Waals surface area contributed by atoms with E-state index in [1.165, 1.54) is 18.2 Å². The van der Waals surface area contributed by atoms with Gasteiger partial charge in [-0.05, 0) is 55.4 Å². The van der Waals surface area contributed by atoms with E-state index >= 15 is 0 Å². The first-order valence-corrected chi connectivity index (χ1v) is 8.73. The Balaban J connectivity index is 1.55. The van der Waals surface area contributed by atoms with Gasteiger partial charge in [-0.15, -0.1) is 0 Å². The van der Waals surface area contributed by atoms with Gasteiger partial charge in [-0.1, -0.05) is 12.1 Å². The summed E-state index contributed by atoms with van der Waals surface area (Å²) in [5.41, 5.74) is 1.06. The molecule has 1 aromatic heterocycles. The summed E-state index contributed by atoms with van der Waals surface area (Å²) in [7, 11) is 0. The summed E-state index contributed by atoms with van der Waals surface area (Å²) in [4.78, 5) is 18.4. The van der Waals surface area contributed by atoms with Gasteiger partial charge in [0.15, 0.2) is 0 Å². The molecule has 25 heavy (non-hydrogen) atoms. The van der Waals surface area contributed by atoms with Gasteiger partial charge in [0.25, 0.3) is 0 Å². The van der Waals surface area contributed by atoms with E-state index in [9.17, 15) is 13.6 Å². The molecule has 0 aliphatic carbocycles. The van der Waals surface area contributed by atoms with Crippen LogP contribution in [0.5, 0.6) is 0 Å². The number of benzene rings is 1. The van der Waals surface area contributed by atoms with E-state index in [0.717, 1.165) is 24.9 Å². The maximum absolute atomic E-state index is 13.7. The molecule has 1 aromatic carbocycles. The first kappa shape index (κ1) is 17.5. The lowest BCUT2D eigenvalue weighted by molar-refractivity contribution is -0.132. The van der Waals surface area contributed by atoms with Crippen LogP contribution in [-0.4, -0.2) is 28.9 Å². The fraction of sp³-hybridized carbons (Fsp3) is 0.400. The van der Waals surface area contributed by atoms with Gasteiger partial charge in [0.1, 0.15) is 11.6 Å². The number of hydrogen-bond donors (Lipinski definition) is 0. The quantitative estimate of drug-likeness (QED) is 0.827. The van der Waals surface area contributed by atoms with Crippen LogP contribution in [0.1, 0.15) is 30.4 Å². The van der Waals surface area contributed by atoms with E-state index in [2.05, 4.69) is 4.98 Å².